The van der Waals surface area contributed by atoms with E-state index in [0.29, 0.717) is 12.2 Å². The molecular weight excluding hydrogens is 562 g/mol. The van der Waals surface area contributed by atoms with Crippen LogP contribution < -0.4 is 14.4 Å². The minimum atomic E-state index is -4.19. The van der Waals surface area contributed by atoms with Crippen molar-refractivity contribution in [3.63, 3.8) is 0 Å². The van der Waals surface area contributed by atoms with E-state index in [2.05, 4.69) is 5.32 Å². The summed E-state index contributed by atoms with van der Waals surface area (Å²) in [7, 11) is -2.74. The molecule has 0 saturated carbocycles. The molecule has 0 spiro atoms. The maximum Gasteiger partial charge on any atom is 0.264 e. The summed E-state index contributed by atoms with van der Waals surface area (Å²) in [6.45, 7) is 8.94. The lowest BCUT2D eigenvalue weighted by atomic mass is 10.0. The Balaban J connectivity index is 2.10. The molecule has 8 nitrogen and oxygen atoms in total. The monoisotopic (exact) mass is 599 g/mol. The third kappa shape index (κ3) is 8.24. The fraction of sp³-hybridized carbons (Fsp3) is 0.355. The van der Waals surface area contributed by atoms with Crippen LogP contribution in [-0.4, -0.2) is 50.4 Å². The largest absolute Gasteiger partial charge is 0.495 e. The van der Waals surface area contributed by atoms with Crippen LogP contribution in [0.25, 0.3) is 0 Å². The molecule has 41 heavy (non-hydrogen) atoms. The summed E-state index contributed by atoms with van der Waals surface area (Å²) in [4.78, 5) is 29.0. The molecular formula is C31H38ClN3O5S. The smallest absolute Gasteiger partial charge is 0.264 e. The van der Waals surface area contributed by atoms with Crippen molar-refractivity contribution in [2.45, 2.75) is 64.1 Å². The van der Waals surface area contributed by atoms with Crippen molar-refractivity contribution in [2.75, 3.05) is 18.0 Å². The molecule has 2 amide bonds. The van der Waals surface area contributed by atoms with Gasteiger partial charge in [0.1, 0.15) is 18.3 Å². The first-order valence-electron chi connectivity index (χ1n) is 13.3. The maximum absolute atomic E-state index is 14.2. The van der Waals surface area contributed by atoms with Gasteiger partial charge in [0.2, 0.25) is 11.8 Å². The number of methoxy groups -OCH3 is 1. The van der Waals surface area contributed by atoms with Gasteiger partial charge in [0.15, 0.2) is 0 Å². The van der Waals surface area contributed by atoms with E-state index in [4.69, 9.17) is 16.3 Å². The van der Waals surface area contributed by atoms with Crippen LogP contribution in [0, 0.1) is 6.92 Å². The van der Waals surface area contributed by atoms with Crippen LogP contribution in [0.1, 0.15) is 45.2 Å². The Hall–Kier alpha value is -3.56. The quantitative estimate of drug-likeness (QED) is 0.311. The van der Waals surface area contributed by atoms with Crippen molar-refractivity contribution in [1.29, 1.82) is 0 Å². The van der Waals surface area contributed by atoms with Crippen molar-refractivity contribution < 1.29 is 22.7 Å². The van der Waals surface area contributed by atoms with Crippen LogP contribution in [0.15, 0.2) is 77.7 Å². The first kappa shape index (κ1) is 32.0. The first-order chi connectivity index (χ1) is 19.3. The first-order valence-corrected chi connectivity index (χ1v) is 15.2. The van der Waals surface area contributed by atoms with Gasteiger partial charge in [-0.3, -0.25) is 13.9 Å². The SMILES string of the molecule is CCC(C(=O)NC(C)(C)C)N(Cc1cccc(C)c1)C(=O)CN(c1ccc(OC)c(Cl)c1)S(=O)(=O)c1ccccc1. The number of hydrogen-bond donors (Lipinski definition) is 1. The maximum atomic E-state index is 14.2. The lowest BCUT2D eigenvalue weighted by molar-refractivity contribution is -0.141. The fourth-order valence-electron chi connectivity index (χ4n) is 4.44. The second-order valence-corrected chi connectivity index (χ2v) is 13.1. The molecule has 0 aliphatic heterocycles. The second kappa shape index (κ2) is 13.4. The lowest BCUT2D eigenvalue weighted by Crippen LogP contribution is -2.55. The molecule has 0 fully saturated rings. The Labute approximate surface area is 248 Å². The van der Waals surface area contributed by atoms with Gasteiger partial charge in [-0.25, -0.2) is 8.42 Å². The number of rotatable bonds is 11. The Bertz CT molecular complexity index is 1470. The van der Waals surface area contributed by atoms with Gasteiger partial charge in [0.25, 0.3) is 10.0 Å². The molecule has 0 saturated heterocycles. The number of nitrogens with one attached hydrogen (secondary N) is 1. The molecule has 3 rings (SSSR count). The molecule has 0 bridgehead atoms. The standard InChI is InChI=1S/C31H38ClN3O5S/c1-7-27(30(37)33-31(3,4)5)34(20-23-13-11-12-22(2)18-23)29(36)21-35(24-16-17-28(40-6)26(32)19-24)41(38,39)25-14-9-8-10-15-25/h8-19,27H,7,20-21H2,1-6H3,(H,33,37). The molecule has 3 aromatic rings. The molecule has 1 N–H and O–H groups in total. The molecule has 0 radical (unpaired) electrons. The summed E-state index contributed by atoms with van der Waals surface area (Å²) < 4.78 is 34.1. The van der Waals surface area contributed by atoms with Crippen LogP contribution in [0.3, 0.4) is 0 Å². The predicted molar refractivity (Wildman–Crippen MR) is 163 cm³/mol. The number of hydrogen-bond acceptors (Lipinski definition) is 5. The van der Waals surface area contributed by atoms with Gasteiger partial charge in [-0.2, -0.15) is 0 Å². The third-order valence-electron chi connectivity index (χ3n) is 6.35. The van der Waals surface area contributed by atoms with Crippen molar-refractivity contribution in [3.8, 4) is 5.75 Å². The predicted octanol–water partition coefficient (Wildman–Crippen LogP) is 5.57. The van der Waals surface area contributed by atoms with E-state index in [-0.39, 0.29) is 28.1 Å². The number of sulfonamides is 1. The second-order valence-electron chi connectivity index (χ2n) is 10.8. The number of carbonyl (C=O) groups excluding carboxylic acids is 2. The number of anilines is 1. The number of ether oxygens (including phenoxy) is 1. The Kier molecular flexibility index (Phi) is 10.4. The molecule has 0 aromatic heterocycles. The highest BCUT2D eigenvalue weighted by atomic mass is 35.5. The summed E-state index contributed by atoms with van der Waals surface area (Å²) in [6, 6.07) is 19.2. The number of amides is 2. The highest BCUT2D eigenvalue weighted by Crippen LogP contribution is 2.32. The van der Waals surface area contributed by atoms with E-state index in [9.17, 15) is 18.0 Å². The Morgan fingerprint density at radius 1 is 1.00 bits per heavy atom. The highest BCUT2D eigenvalue weighted by molar-refractivity contribution is 7.92. The lowest BCUT2D eigenvalue weighted by Gasteiger charge is -2.35. The summed E-state index contributed by atoms with van der Waals surface area (Å²) in [5.74, 6) is -0.482. The van der Waals surface area contributed by atoms with Crippen molar-refractivity contribution in [2.24, 2.45) is 0 Å². The van der Waals surface area contributed by atoms with Crippen LogP contribution in [0.2, 0.25) is 5.02 Å². The summed E-state index contributed by atoms with van der Waals surface area (Å²) >= 11 is 6.37. The molecule has 0 aliphatic rings. The van der Waals surface area contributed by atoms with Crippen LogP contribution in [0.5, 0.6) is 5.75 Å². The van der Waals surface area contributed by atoms with Crippen LogP contribution in [0.4, 0.5) is 5.69 Å². The van der Waals surface area contributed by atoms with Gasteiger partial charge in [-0.15, -0.1) is 0 Å². The molecule has 220 valence electrons. The minimum absolute atomic E-state index is 0.0162. The number of aryl methyl sites for hydroxylation is 1. The number of halogens is 1. The van der Waals surface area contributed by atoms with Crippen molar-refractivity contribution >= 4 is 39.1 Å². The minimum Gasteiger partial charge on any atom is -0.495 e. The highest BCUT2D eigenvalue weighted by Gasteiger charge is 2.34. The normalized spacial score (nSPS) is 12.4. The number of nitrogens with zero attached hydrogens (tertiary/aromatic N) is 2. The number of benzene rings is 3. The fourth-order valence-corrected chi connectivity index (χ4v) is 6.12. The van der Waals surface area contributed by atoms with E-state index < -0.39 is 34.1 Å². The molecule has 10 heteroatoms. The molecule has 1 unspecified atom stereocenters. The zero-order chi connectivity index (χ0) is 30.4. The summed E-state index contributed by atoms with van der Waals surface area (Å²) in [5.41, 5.74) is 1.50. The average Bonchev–Trinajstić information content (AvgIpc) is 2.91. The topological polar surface area (TPSA) is 96.0 Å². The third-order valence-corrected chi connectivity index (χ3v) is 8.44. The zero-order valence-corrected chi connectivity index (χ0v) is 25.9. The van der Waals surface area contributed by atoms with E-state index >= 15 is 0 Å². The van der Waals surface area contributed by atoms with E-state index in [0.717, 1.165) is 15.4 Å². The van der Waals surface area contributed by atoms with Gasteiger partial charge in [-0.05, 0) is 70.0 Å². The van der Waals surface area contributed by atoms with E-state index in [1.165, 1.54) is 36.3 Å². The average molecular weight is 600 g/mol. The Morgan fingerprint density at radius 2 is 1.68 bits per heavy atom. The van der Waals surface area contributed by atoms with E-state index in [1.807, 2.05) is 58.9 Å². The van der Waals surface area contributed by atoms with Gasteiger partial charge >= 0.3 is 0 Å². The van der Waals surface area contributed by atoms with Gasteiger partial charge < -0.3 is 15.0 Å². The summed E-state index contributed by atoms with van der Waals surface area (Å²) in [6.07, 6.45) is 0.333. The Morgan fingerprint density at radius 3 is 2.24 bits per heavy atom. The molecule has 1 atom stereocenters. The van der Waals surface area contributed by atoms with Gasteiger partial charge in [0.05, 0.1) is 22.7 Å². The molecule has 0 aliphatic carbocycles. The van der Waals surface area contributed by atoms with Gasteiger partial charge in [0, 0.05) is 12.1 Å². The van der Waals surface area contributed by atoms with Gasteiger partial charge in [-0.1, -0.05) is 66.6 Å². The van der Waals surface area contributed by atoms with Crippen molar-refractivity contribution in [3.05, 3.63) is 88.9 Å². The summed E-state index contributed by atoms with van der Waals surface area (Å²) in [5, 5.41) is 3.16. The molecule has 3 aromatic carbocycles. The zero-order valence-electron chi connectivity index (χ0n) is 24.3. The van der Waals surface area contributed by atoms with Crippen molar-refractivity contribution in [1.82, 2.24) is 10.2 Å². The van der Waals surface area contributed by atoms with E-state index in [1.54, 1.807) is 24.3 Å². The van der Waals surface area contributed by atoms with Crippen LogP contribution in [-0.2, 0) is 26.2 Å². The molecule has 0 heterocycles. The number of carbonyl (C=O) groups is 2. The van der Waals surface area contributed by atoms with Crippen LogP contribution >= 0.6 is 11.6 Å².